The van der Waals surface area contributed by atoms with Gasteiger partial charge in [-0.25, -0.2) is 0 Å². The molecule has 16 heavy (non-hydrogen) atoms. The summed E-state index contributed by atoms with van der Waals surface area (Å²) in [5.74, 6) is 1.85. The molecule has 3 rings (SSSR count). The minimum atomic E-state index is -0.241. The lowest BCUT2D eigenvalue weighted by atomic mass is 9.52. The van der Waals surface area contributed by atoms with Gasteiger partial charge in [-0.3, -0.25) is 0 Å². The van der Waals surface area contributed by atoms with Crippen LogP contribution in [0.3, 0.4) is 0 Å². The summed E-state index contributed by atoms with van der Waals surface area (Å²) in [6.45, 7) is 3.21. The molecule has 0 atom stereocenters. The van der Waals surface area contributed by atoms with Crippen molar-refractivity contribution in [2.45, 2.75) is 31.6 Å². The predicted octanol–water partition coefficient (Wildman–Crippen LogP) is 2.55. The third-order valence-electron chi connectivity index (χ3n) is 4.25. The van der Waals surface area contributed by atoms with Crippen LogP contribution in [0.4, 0.5) is 0 Å². The minimum Gasteiger partial charge on any atom is -0.466 e. The molecule has 0 radical (unpaired) electrons. The summed E-state index contributed by atoms with van der Waals surface area (Å²) < 4.78 is 11.1. The molecular weight excluding hydrogens is 202 g/mol. The van der Waals surface area contributed by atoms with Gasteiger partial charge in [0.2, 0.25) is 0 Å². The van der Waals surface area contributed by atoms with E-state index >= 15 is 0 Å². The first kappa shape index (κ1) is 9.92. The van der Waals surface area contributed by atoms with Gasteiger partial charge in [0, 0.05) is 0 Å². The van der Waals surface area contributed by atoms with Gasteiger partial charge in [-0.05, 0) is 31.9 Å². The van der Waals surface area contributed by atoms with E-state index in [0.29, 0.717) is 13.2 Å². The zero-order valence-corrected chi connectivity index (χ0v) is 9.45. The normalized spacial score (nSPS) is 25.2. The van der Waals surface area contributed by atoms with Crippen molar-refractivity contribution in [2.75, 3.05) is 13.2 Å². The molecule has 1 saturated carbocycles. The fraction of sp³-hybridized carbons (Fsp3) is 0.615. The zero-order chi connectivity index (χ0) is 11.2. The van der Waals surface area contributed by atoms with E-state index in [1.807, 2.05) is 19.1 Å². The van der Waals surface area contributed by atoms with Gasteiger partial charge in [0.1, 0.15) is 11.5 Å². The summed E-state index contributed by atoms with van der Waals surface area (Å²) in [5, 5.41) is 9.46. The number of furan rings is 1. The van der Waals surface area contributed by atoms with E-state index in [1.165, 1.54) is 0 Å². The van der Waals surface area contributed by atoms with Crippen LogP contribution in [0.1, 0.15) is 30.8 Å². The fourth-order valence-corrected chi connectivity index (χ4v) is 2.88. The Balaban J connectivity index is 2.04. The summed E-state index contributed by atoms with van der Waals surface area (Å²) in [5.41, 5.74) is -0.413. The maximum atomic E-state index is 9.46. The lowest BCUT2D eigenvalue weighted by Gasteiger charge is -2.54. The van der Waals surface area contributed by atoms with Crippen molar-refractivity contribution in [1.29, 1.82) is 5.26 Å². The Labute approximate surface area is 95.0 Å². The second-order valence-corrected chi connectivity index (χ2v) is 5.03. The smallest absolute Gasteiger partial charge is 0.116 e. The van der Waals surface area contributed by atoms with Gasteiger partial charge in [0.15, 0.2) is 0 Å². The van der Waals surface area contributed by atoms with E-state index in [9.17, 15) is 5.26 Å². The molecule has 1 saturated heterocycles. The quantitative estimate of drug-likeness (QED) is 0.764. The van der Waals surface area contributed by atoms with E-state index < -0.39 is 0 Å². The van der Waals surface area contributed by atoms with Gasteiger partial charge in [0.05, 0.1) is 30.1 Å². The van der Waals surface area contributed by atoms with Crippen molar-refractivity contribution in [3.05, 3.63) is 23.7 Å². The number of ether oxygens (including phenoxy) is 1. The average molecular weight is 217 g/mol. The van der Waals surface area contributed by atoms with Crippen LogP contribution in [-0.4, -0.2) is 13.2 Å². The maximum absolute atomic E-state index is 9.46. The van der Waals surface area contributed by atoms with Gasteiger partial charge in [-0.15, -0.1) is 0 Å². The third kappa shape index (κ3) is 1.01. The fourth-order valence-electron chi connectivity index (χ4n) is 2.88. The Hall–Kier alpha value is -1.27. The van der Waals surface area contributed by atoms with Crippen LogP contribution in [-0.2, 0) is 10.2 Å². The molecule has 1 aromatic rings. The number of nitrogens with zero attached hydrogens (tertiary/aromatic N) is 1. The zero-order valence-electron chi connectivity index (χ0n) is 9.45. The molecule has 2 heterocycles. The van der Waals surface area contributed by atoms with Crippen molar-refractivity contribution in [3.63, 3.8) is 0 Å². The predicted molar refractivity (Wildman–Crippen MR) is 57.8 cm³/mol. The van der Waals surface area contributed by atoms with Gasteiger partial charge < -0.3 is 9.15 Å². The van der Waals surface area contributed by atoms with E-state index in [-0.39, 0.29) is 10.8 Å². The van der Waals surface area contributed by atoms with Crippen molar-refractivity contribution in [3.8, 4) is 6.07 Å². The Morgan fingerprint density at radius 3 is 2.38 bits per heavy atom. The second kappa shape index (κ2) is 3.11. The van der Waals surface area contributed by atoms with Crippen molar-refractivity contribution >= 4 is 0 Å². The molecule has 2 aliphatic rings. The monoisotopic (exact) mass is 217 g/mol. The Kier molecular flexibility index (Phi) is 1.93. The van der Waals surface area contributed by atoms with Crippen LogP contribution in [0.2, 0.25) is 0 Å². The molecule has 3 heteroatoms. The molecule has 0 N–H and O–H groups in total. The van der Waals surface area contributed by atoms with Crippen molar-refractivity contribution < 1.29 is 9.15 Å². The Morgan fingerprint density at radius 1 is 1.31 bits per heavy atom. The van der Waals surface area contributed by atoms with E-state index in [1.54, 1.807) is 0 Å². The van der Waals surface area contributed by atoms with Gasteiger partial charge >= 0.3 is 0 Å². The number of hydrogen-bond donors (Lipinski definition) is 0. The molecule has 0 spiro atoms. The number of hydrogen-bond acceptors (Lipinski definition) is 3. The standard InChI is InChI=1S/C13H15NO2/c1-10-3-4-11(16-10)13(8-15-9-13)12(7-14)5-2-6-12/h3-4H,2,5-6,8-9H2,1H3. The molecule has 84 valence electrons. The molecule has 1 aromatic heterocycles. The molecule has 0 bridgehead atoms. The van der Waals surface area contributed by atoms with Gasteiger partial charge in [0.25, 0.3) is 0 Å². The lowest BCUT2D eigenvalue weighted by molar-refractivity contribution is -0.144. The number of aryl methyl sites for hydroxylation is 1. The highest BCUT2D eigenvalue weighted by atomic mass is 16.5. The van der Waals surface area contributed by atoms with Crippen molar-refractivity contribution in [1.82, 2.24) is 0 Å². The molecule has 3 nitrogen and oxygen atoms in total. The molecular formula is C13H15NO2. The van der Waals surface area contributed by atoms with E-state index in [2.05, 4.69) is 6.07 Å². The molecule has 2 fully saturated rings. The first-order valence-corrected chi connectivity index (χ1v) is 5.78. The van der Waals surface area contributed by atoms with Gasteiger partial charge in [-0.1, -0.05) is 6.42 Å². The van der Waals surface area contributed by atoms with E-state index in [0.717, 1.165) is 30.8 Å². The minimum absolute atomic E-state index is 0.172. The lowest BCUT2D eigenvalue weighted by Crippen LogP contribution is -2.61. The van der Waals surface area contributed by atoms with Crippen LogP contribution in [0.5, 0.6) is 0 Å². The second-order valence-electron chi connectivity index (χ2n) is 5.03. The number of nitriles is 1. The first-order chi connectivity index (χ1) is 7.72. The average Bonchev–Trinajstić information content (AvgIpc) is 2.55. The molecule has 1 aliphatic carbocycles. The van der Waals surface area contributed by atoms with Crippen LogP contribution in [0.15, 0.2) is 16.5 Å². The maximum Gasteiger partial charge on any atom is 0.116 e. The molecule has 1 aliphatic heterocycles. The highest BCUT2D eigenvalue weighted by Gasteiger charge is 2.62. The summed E-state index contributed by atoms with van der Waals surface area (Å²) >= 11 is 0. The van der Waals surface area contributed by atoms with Crippen LogP contribution in [0.25, 0.3) is 0 Å². The highest BCUT2D eigenvalue weighted by molar-refractivity contribution is 5.31. The topological polar surface area (TPSA) is 46.2 Å². The van der Waals surface area contributed by atoms with Crippen LogP contribution < -0.4 is 0 Å². The van der Waals surface area contributed by atoms with Crippen LogP contribution >= 0.6 is 0 Å². The summed E-state index contributed by atoms with van der Waals surface area (Å²) in [6.07, 6.45) is 3.11. The molecule has 0 aromatic carbocycles. The number of rotatable bonds is 2. The van der Waals surface area contributed by atoms with E-state index in [4.69, 9.17) is 9.15 Å². The Bertz CT molecular complexity index is 447. The first-order valence-electron chi connectivity index (χ1n) is 5.78. The highest BCUT2D eigenvalue weighted by Crippen LogP contribution is 2.58. The summed E-state index contributed by atoms with van der Waals surface area (Å²) in [4.78, 5) is 0. The summed E-state index contributed by atoms with van der Waals surface area (Å²) in [6, 6.07) is 6.51. The largest absolute Gasteiger partial charge is 0.466 e. The molecule has 0 unspecified atom stereocenters. The Morgan fingerprint density at radius 2 is 2.06 bits per heavy atom. The summed E-state index contributed by atoms with van der Waals surface area (Å²) in [7, 11) is 0. The SMILES string of the molecule is Cc1ccc(C2(C3(C#N)CCC3)COC2)o1. The third-order valence-corrected chi connectivity index (χ3v) is 4.25. The van der Waals surface area contributed by atoms with Crippen LogP contribution in [0, 0.1) is 23.7 Å². The van der Waals surface area contributed by atoms with Gasteiger partial charge in [-0.2, -0.15) is 5.26 Å². The molecule has 0 amide bonds. The van der Waals surface area contributed by atoms with Crippen molar-refractivity contribution in [2.24, 2.45) is 5.41 Å².